The average Bonchev–Trinajstić information content (AvgIpc) is 3.18. The summed E-state index contributed by atoms with van der Waals surface area (Å²) >= 11 is 0. The summed E-state index contributed by atoms with van der Waals surface area (Å²) in [6.07, 6.45) is -18.6. The van der Waals surface area contributed by atoms with E-state index in [2.05, 4.69) is 5.32 Å². The van der Waals surface area contributed by atoms with E-state index >= 15 is 0 Å². The number of carboxylic acid groups (broad SMARTS) is 1. The zero-order valence-electron chi connectivity index (χ0n) is 31.6. The summed E-state index contributed by atoms with van der Waals surface area (Å²) in [6.45, 7) is 3.43. The van der Waals surface area contributed by atoms with Gasteiger partial charge in [-0.25, -0.2) is 0 Å². The van der Waals surface area contributed by atoms with Crippen LogP contribution in [-0.4, -0.2) is 150 Å². The predicted octanol–water partition coefficient (Wildman–Crippen LogP) is -0.839. The Bertz CT molecular complexity index is 2260. The molecule has 1 amide bonds. The van der Waals surface area contributed by atoms with Crippen molar-refractivity contribution in [3.05, 3.63) is 68.8 Å². The summed E-state index contributed by atoms with van der Waals surface area (Å²) < 4.78 is 28.1. The first-order valence-corrected chi connectivity index (χ1v) is 18.3. The van der Waals surface area contributed by atoms with Gasteiger partial charge in [-0.05, 0) is 49.6 Å². The topological polar surface area (TPSA) is 329 Å². The van der Waals surface area contributed by atoms with Crippen LogP contribution in [0.25, 0.3) is 11.1 Å². The number of hydrogen-bond acceptors (Lipinski definition) is 18. The predicted molar refractivity (Wildman–Crippen MR) is 194 cm³/mol. The Morgan fingerprint density at radius 1 is 0.797 bits per heavy atom. The second kappa shape index (κ2) is 15.4. The number of carboxylic acids is 1. The number of carbonyl (C=O) groups is 4. The number of hydrogen-bond donors (Lipinski definition) is 11. The van der Waals surface area contributed by atoms with Gasteiger partial charge in [-0.1, -0.05) is 6.07 Å². The summed E-state index contributed by atoms with van der Waals surface area (Å²) in [7, 11) is 1.25. The first-order chi connectivity index (χ1) is 27.8. The van der Waals surface area contributed by atoms with Crippen LogP contribution >= 0.6 is 0 Å². The maximum absolute atomic E-state index is 14.0. The first kappa shape index (κ1) is 41.9. The van der Waals surface area contributed by atoms with Gasteiger partial charge in [0.1, 0.15) is 77.9 Å². The molecule has 59 heavy (non-hydrogen) atoms. The number of phenolic OH excluding ortho intramolecular Hbond substituents is 3. The summed E-state index contributed by atoms with van der Waals surface area (Å²) in [5, 5.41) is 111. The number of ketones is 2. The van der Waals surface area contributed by atoms with Crippen molar-refractivity contribution in [1.29, 1.82) is 0 Å². The molecule has 3 aromatic carbocycles. The number of aliphatic carboxylic acids is 1. The average molecular weight is 828 g/mol. The molecule has 0 saturated carbocycles. The van der Waals surface area contributed by atoms with Crippen LogP contribution in [0.1, 0.15) is 84.9 Å². The van der Waals surface area contributed by atoms with Gasteiger partial charge in [-0.3, -0.25) is 19.2 Å². The number of aryl methyl sites for hydroxylation is 1. The number of carbonyl (C=O) groups excluding carboxylic acids is 3. The van der Waals surface area contributed by atoms with Crippen molar-refractivity contribution >= 4 is 23.4 Å². The van der Waals surface area contributed by atoms with Crippen molar-refractivity contribution < 1.29 is 93.9 Å². The Hall–Kier alpha value is -5.26. The fourth-order valence-corrected chi connectivity index (χ4v) is 7.88. The lowest BCUT2D eigenvalue weighted by Gasteiger charge is -2.45. The van der Waals surface area contributed by atoms with Gasteiger partial charge in [0, 0.05) is 28.3 Å². The van der Waals surface area contributed by atoms with Crippen molar-refractivity contribution in [2.24, 2.45) is 0 Å². The molecule has 0 aromatic heterocycles. The van der Waals surface area contributed by atoms with E-state index in [-0.39, 0.29) is 28.0 Å². The number of nitrogens with one attached hydrogen (secondary N) is 1. The first-order valence-electron chi connectivity index (χ1n) is 18.3. The summed E-state index contributed by atoms with van der Waals surface area (Å²) in [5.41, 5.74) is -3.66. The van der Waals surface area contributed by atoms with Crippen molar-refractivity contribution in [3.8, 4) is 34.1 Å². The highest BCUT2D eigenvalue weighted by Gasteiger charge is 2.51. The minimum atomic E-state index is -1.96. The van der Waals surface area contributed by atoms with Crippen LogP contribution in [0.15, 0.2) is 24.3 Å². The number of amides is 1. The third-order valence-electron chi connectivity index (χ3n) is 11.0. The molecule has 7 rings (SSSR count). The van der Waals surface area contributed by atoms with Gasteiger partial charge in [0.2, 0.25) is 0 Å². The van der Waals surface area contributed by atoms with Crippen LogP contribution in [0.5, 0.6) is 23.0 Å². The molecule has 4 aliphatic rings. The largest absolute Gasteiger partial charge is 0.507 e. The Balaban J connectivity index is 1.36. The highest BCUT2D eigenvalue weighted by molar-refractivity contribution is 6.31. The van der Waals surface area contributed by atoms with Crippen LogP contribution in [0.2, 0.25) is 0 Å². The molecule has 2 heterocycles. The van der Waals surface area contributed by atoms with E-state index in [1.807, 2.05) is 0 Å². The standard InChI is InChI=1S/C39H41NO19/c1-10-5-17-23(30(48)20(10)36(52)40-11(2)37(53)54)22-15(8-16-24(31(22)49)27(45)14-6-13(55-4)7-18(41)21(14)26(16)44)28(46)34(17)58-39-33(51)35(25(43)12(3)57-39)59-38-32(50)29(47)19(42)9-56-38/h5-8,11-12,19,25,28-29,32-35,38-39,41-43,46-51H,9H2,1-4H3,(H,40,52)(H,53,54)/t11-,12+,19-,25+,28+,29-,32-,33-,34+,35+,38-,39+/m1/s1. The number of ether oxygens (including phenoxy) is 5. The van der Waals surface area contributed by atoms with Gasteiger partial charge in [-0.2, -0.15) is 0 Å². The molecule has 20 heteroatoms. The van der Waals surface area contributed by atoms with Gasteiger partial charge < -0.3 is 80.1 Å². The van der Waals surface area contributed by atoms with Crippen molar-refractivity contribution in [2.75, 3.05) is 13.7 Å². The van der Waals surface area contributed by atoms with Crippen LogP contribution in [0.3, 0.4) is 0 Å². The number of rotatable bonds is 8. The van der Waals surface area contributed by atoms with E-state index in [0.29, 0.717) is 0 Å². The van der Waals surface area contributed by atoms with Crippen LogP contribution in [-0.2, 0) is 23.7 Å². The lowest BCUT2D eigenvalue weighted by Crippen LogP contribution is -2.62. The minimum absolute atomic E-state index is 0.0000755. The molecule has 12 atom stereocenters. The molecule has 0 spiro atoms. The van der Waals surface area contributed by atoms with E-state index in [4.69, 9.17) is 23.7 Å². The van der Waals surface area contributed by atoms with Gasteiger partial charge in [-0.15, -0.1) is 0 Å². The summed E-state index contributed by atoms with van der Waals surface area (Å²) in [5.74, 6) is -6.80. The fraction of sp³-hybridized carbons (Fsp3) is 0.436. The maximum Gasteiger partial charge on any atom is 0.325 e. The zero-order chi connectivity index (χ0) is 43.1. The molecular weight excluding hydrogens is 786 g/mol. The summed E-state index contributed by atoms with van der Waals surface area (Å²) in [4.78, 5) is 53.1. The Morgan fingerprint density at radius 2 is 1.44 bits per heavy atom. The SMILES string of the molecule is COc1cc(O)c2c(c1)C(=O)c1c(cc3c(c1O)-c1c(cc(C)c(C(=O)N[C@H](C)C(=O)O)c1O)[C@H](O[C@@H]1O[C@@H](C)[C@H](O)[C@H](O[C@H]4OC[C@@H](O)[C@@H](O)[C@H]4O)[C@H]1O)[C@H]3O)C2=O. The molecule has 0 radical (unpaired) electrons. The Kier molecular flexibility index (Phi) is 10.9. The second-order valence-electron chi connectivity index (χ2n) is 14.8. The third-order valence-corrected chi connectivity index (χ3v) is 11.0. The molecule has 2 saturated heterocycles. The smallest absolute Gasteiger partial charge is 0.325 e. The molecule has 2 fully saturated rings. The number of aliphatic hydroxyl groups is 6. The monoisotopic (exact) mass is 827 g/mol. The Morgan fingerprint density at radius 3 is 2.10 bits per heavy atom. The highest BCUT2D eigenvalue weighted by Crippen LogP contribution is 2.57. The molecule has 2 aliphatic carbocycles. The molecule has 2 aliphatic heterocycles. The van der Waals surface area contributed by atoms with Crippen molar-refractivity contribution in [3.63, 3.8) is 0 Å². The van der Waals surface area contributed by atoms with Crippen molar-refractivity contribution in [1.82, 2.24) is 5.32 Å². The summed E-state index contributed by atoms with van der Waals surface area (Å²) in [6, 6.07) is 3.12. The van der Waals surface area contributed by atoms with Gasteiger partial charge in [0.15, 0.2) is 24.1 Å². The fourth-order valence-electron chi connectivity index (χ4n) is 7.88. The lowest BCUT2D eigenvalue weighted by molar-refractivity contribution is -0.353. The number of fused-ring (bicyclic) bond motifs is 5. The third kappa shape index (κ3) is 6.76. The number of aromatic hydroxyl groups is 3. The number of benzene rings is 3. The maximum atomic E-state index is 14.0. The van der Waals surface area contributed by atoms with E-state index in [0.717, 1.165) is 12.1 Å². The second-order valence-corrected chi connectivity index (χ2v) is 14.8. The quantitative estimate of drug-likeness (QED) is 0.103. The van der Waals surface area contributed by atoms with Gasteiger partial charge in [0.05, 0.1) is 36.5 Å². The van der Waals surface area contributed by atoms with E-state index in [9.17, 15) is 70.2 Å². The highest BCUT2D eigenvalue weighted by atomic mass is 16.7. The number of methoxy groups -OCH3 is 1. The molecule has 20 nitrogen and oxygen atoms in total. The van der Waals surface area contributed by atoms with Crippen LogP contribution in [0, 0.1) is 6.92 Å². The van der Waals surface area contributed by atoms with Crippen molar-refractivity contribution in [2.45, 2.75) is 94.3 Å². The Labute approximate surface area is 333 Å². The molecular formula is C39H41NO19. The van der Waals surface area contributed by atoms with E-state index in [1.165, 1.54) is 40.0 Å². The minimum Gasteiger partial charge on any atom is -0.507 e. The zero-order valence-corrected chi connectivity index (χ0v) is 31.6. The molecule has 3 aromatic rings. The van der Waals surface area contributed by atoms with E-state index < -0.39 is 154 Å². The lowest BCUT2D eigenvalue weighted by atomic mass is 9.74. The molecule has 0 bridgehead atoms. The van der Waals surface area contributed by atoms with Gasteiger partial charge >= 0.3 is 5.97 Å². The van der Waals surface area contributed by atoms with Gasteiger partial charge in [0.25, 0.3) is 5.91 Å². The number of aliphatic hydroxyl groups excluding tert-OH is 6. The molecule has 316 valence electrons. The van der Waals surface area contributed by atoms with E-state index in [1.54, 1.807) is 0 Å². The normalized spacial score (nSPS) is 30.4. The van der Waals surface area contributed by atoms with Crippen LogP contribution in [0.4, 0.5) is 0 Å². The molecule has 11 N–H and O–H groups in total. The van der Waals surface area contributed by atoms with Crippen LogP contribution < -0.4 is 10.1 Å². The number of phenols is 3. The molecule has 0 unspecified atom stereocenters.